The molecule has 2 aromatic carbocycles. The number of para-hydroxylation sites is 1. The molecule has 0 aliphatic carbocycles. The number of benzene rings is 2. The molecule has 0 aromatic heterocycles. The van der Waals surface area contributed by atoms with Crippen LogP contribution in [0.3, 0.4) is 0 Å². The van der Waals surface area contributed by atoms with Crippen LogP contribution in [0.25, 0.3) is 0 Å². The lowest BCUT2D eigenvalue weighted by molar-refractivity contribution is 0.0947. The van der Waals surface area contributed by atoms with E-state index in [1.54, 1.807) is 24.3 Å². The molecule has 0 spiro atoms. The van der Waals surface area contributed by atoms with Crippen LogP contribution in [0.5, 0.6) is 5.75 Å². The Balaban J connectivity index is 1.86. The van der Waals surface area contributed by atoms with Crippen LogP contribution in [0.15, 0.2) is 48.5 Å². The molecule has 25 heavy (non-hydrogen) atoms. The highest BCUT2D eigenvalue weighted by Gasteiger charge is 2.12. The number of sulfonamides is 1. The maximum atomic E-state index is 12.1. The summed E-state index contributed by atoms with van der Waals surface area (Å²) in [5.41, 5.74) is 2.00. The van der Waals surface area contributed by atoms with Crippen LogP contribution < -0.4 is 14.4 Å². The Labute approximate surface area is 148 Å². The van der Waals surface area contributed by atoms with Crippen LogP contribution in [0.1, 0.15) is 15.9 Å². The summed E-state index contributed by atoms with van der Waals surface area (Å²) in [5.74, 6) is 0.562. The number of amides is 1. The van der Waals surface area contributed by atoms with Crippen molar-refractivity contribution in [3.63, 3.8) is 0 Å². The Kier molecular flexibility index (Phi) is 6.03. The third kappa shape index (κ3) is 5.22. The zero-order valence-electron chi connectivity index (χ0n) is 14.5. The lowest BCUT2D eigenvalue weighted by Crippen LogP contribution is -2.28. The fraction of sp³-hybridized carbons (Fsp3) is 0.278. The third-order valence-electron chi connectivity index (χ3n) is 3.73. The van der Waals surface area contributed by atoms with Gasteiger partial charge in [-0.3, -0.25) is 9.10 Å². The van der Waals surface area contributed by atoms with Gasteiger partial charge in [0.2, 0.25) is 10.0 Å². The molecule has 0 unspecified atom stereocenters. The summed E-state index contributed by atoms with van der Waals surface area (Å²) in [6, 6.07) is 14.1. The van der Waals surface area contributed by atoms with Crippen LogP contribution in [0, 0.1) is 6.92 Å². The van der Waals surface area contributed by atoms with Crippen LogP contribution in [-0.4, -0.2) is 40.8 Å². The first kappa shape index (κ1) is 18.8. The third-order valence-corrected chi connectivity index (χ3v) is 4.94. The van der Waals surface area contributed by atoms with Gasteiger partial charge < -0.3 is 10.1 Å². The number of aryl methyl sites for hydroxylation is 1. The average molecular weight is 362 g/mol. The van der Waals surface area contributed by atoms with E-state index in [1.165, 1.54) is 7.05 Å². The van der Waals surface area contributed by atoms with E-state index in [2.05, 4.69) is 5.32 Å². The van der Waals surface area contributed by atoms with E-state index in [0.29, 0.717) is 24.4 Å². The summed E-state index contributed by atoms with van der Waals surface area (Å²) in [6.07, 6.45) is 1.13. The summed E-state index contributed by atoms with van der Waals surface area (Å²) in [7, 11) is -1.85. The minimum atomic E-state index is -3.32. The molecule has 0 fully saturated rings. The predicted octanol–water partition coefficient (Wildman–Crippen LogP) is 2.20. The fourth-order valence-electron chi connectivity index (χ4n) is 2.16. The van der Waals surface area contributed by atoms with E-state index < -0.39 is 10.0 Å². The highest BCUT2D eigenvalue weighted by molar-refractivity contribution is 7.92. The van der Waals surface area contributed by atoms with E-state index in [-0.39, 0.29) is 5.91 Å². The molecule has 0 saturated carbocycles. The molecular weight excluding hydrogens is 340 g/mol. The SMILES string of the molecule is Cc1ccccc1OCCNC(=O)c1ccc(N(C)S(C)(=O)=O)cc1. The number of hydrogen-bond acceptors (Lipinski definition) is 4. The molecule has 0 saturated heterocycles. The molecule has 0 heterocycles. The van der Waals surface area contributed by atoms with Crippen molar-refractivity contribution < 1.29 is 17.9 Å². The lowest BCUT2D eigenvalue weighted by atomic mass is 10.2. The molecule has 0 aliphatic rings. The summed E-state index contributed by atoms with van der Waals surface area (Å²) >= 11 is 0. The first-order valence-electron chi connectivity index (χ1n) is 7.79. The normalized spacial score (nSPS) is 11.0. The molecule has 0 bridgehead atoms. The van der Waals surface area contributed by atoms with Crippen molar-refractivity contribution in [3.8, 4) is 5.75 Å². The number of hydrogen-bond donors (Lipinski definition) is 1. The Bertz CT molecular complexity index is 832. The summed E-state index contributed by atoms with van der Waals surface area (Å²) in [4.78, 5) is 12.1. The molecule has 6 nitrogen and oxygen atoms in total. The quantitative estimate of drug-likeness (QED) is 0.766. The minimum absolute atomic E-state index is 0.234. The maximum absolute atomic E-state index is 12.1. The molecule has 0 atom stereocenters. The molecule has 7 heteroatoms. The molecule has 1 amide bonds. The second-order valence-electron chi connectivity index (χ2n) is 5.65. The highest BCUT2D eigenvalue weighted by Crippen LogP contribution is 2.17. The van der Waals surface area contributed by atoms with E-state index in [9.17, 15) is 13.2 Å². The van der Waals surface area contributed by atoms with E-state index in [0.717, 1.165) is 21.9 Å². The van der Waals surface area contributed by atoms with E-state index >= 15 is 0 Å². The smallest absolute Gasteiger partial charge is 0.251 e. The van der Waals surface area contributed by atoms with Gasteiger partial charge in [0.15, 0.2) is 0 Å². The molecule has 1 N–H and O–H groups in total. The first-order chi connectivity index (χ1) is 11.8. The summed E-state index contributed by atoms with van der Waals surface area (Å²) in [5, 5.41) is 2.77. The van der Waals surface area contributed by atoms with Gasteiger partial charge >= 0.3 is 0 Å². The molecule has 0 radical (unpaired) electrons. The molecule has 0 aliphatic heterocycles. The second-order valence-corrected chi connectivity index (χ2v) is 7.66. The molecular formula is C18H22N2O4S. The van der Waals surface area contributed by atoms with Crippen molar-refractivity contribution in [2.75, 3.05) is 30.8 Å². The number of carbonyl (C=O) groups excluding carboxylic acids is 1. The van der Waals surface area contributed by atoms with Gasteiger partial charge in [-0.15, -0.1) is 0 Å². The van der Waals surface area contributed by atoms with Crippen LogP contribution >= 0.6 is 0 Å². The number of rotatable bonds is 7. The first-order valence-corrected chi connectivity index (χ1v) is 9.64. The number of nitrogens with one attached hydrogen (secondary N) is 1. The van der Waals surface area contributed by atoms with Crippen molar-refractivity contribution in [1.82, 2.24) is 5.32 Å². The largest absolute Gasteiger partial charge is 0.491 e. The fourth-order valence-corrected chi connectivity index (χ4v) is 2.66. The highest BCUT2D eigenvalue weighted by atomic mass is 32.2. The van der Waals surface area contributed by atoms with Crippen molar-refractivity contribution in [2.45, 2.75) is 6.92 Å². The van der Waals surface area contributed by atoms with Crippen molar-refractivity contribution in [3.05, 3.63) is 59.7 Å². The van der Waals surface area contributed by atoms with Crippen molar-refractivity contribution in [2.24, 2.45) is 0 Å². The van der Waals surface area contributed by atoms with Gasteiger partial charge in [0, 0.05) is 12.6 Å². The number of nitrogens with zero attached hydrogens (tertiary/aromatic N) is 1. The second kappa shape index (κ2) is 8.02. The molecule has 2 rings (SSSR count). The van der Waals surface area contributed by atoms with Crippen LogP contribution in [-0.2, 0) is 10.0 Å². The van der Waals surface area contributed by atoms with Gasteiger partial charge in [0.1, 0.15) is 12.4 Å². The topological polar surface area (TPSA) is 75.7 Å². The van der Waals surface area contributed by atoms with Crippen LogP contribution in [0.4, 0.5) is 5.69 Å². The van der Waals surface area contributed by atoms with Crippen molar-refractivity contribution >= 4 is 21.6 Å². The Morgan fingerprint density at radius 3 is 2.36 bits per heavy atom. The Morgan fingerprint density at radius 1 is 1.12 bits per heavy atom. The maximum Gasteiger partial charge on any atom is 0.251 e. The Morgan fingerprint density at radius 2 is 1.76 bits per heavy atom. The zero-order chi connectivity index (χ0) is 18.4. The summed E-state index contributed by atoms with van der Waals surface area (Å²) in [6.45, 7) is 2.70. The monoisotopic (exact) mass is 362 g/mol. The standard InChI is InChI=1S/C18H22N2O4S/c1-14-6-4-5-7-17(14)24-13-12-19-18(21)15-8-10-16(11-9-15)20(2)25(3,22)23/h4-11H,12-13H2,1-3H3,(H,19,21). The average Bonchev–Trinajstić information content (AvgIpc) is 2.58. The van der Waals surface area contributed by atoms with Gasteiger partial charge in [0.25, 0.3) is 5.91 Å². The van der Waals surface area contributed by atoms with Gasteiger partial charge in [0.05, 0.1) is 18.5 Å². The van der Waals surface area contributed by atoms with Crippen LogP contribution in [0.2, 0.25) is 0 Å². The van der Waals surface area contributed by atoms with Gasteiger partial charge in [-0.1, -0.05) is 18.2 Å². The minimum Gasteiger partial charge on any atom is -0.491 e. The van der Waals surface area contributed by atoms with Gasteiger partial charge in [-0.25, -0.2) is 8.42 Å². The predicted molar refractivity (Wildman–Crippen MR) is 98.7 cm³/mol. The van der Waals surface area contributed by atoms with E-state index in [1.807, 2.05) is 31.2 Å². The molecule has 2 aromatic rings. The number of anilines is 1. The van der Waals surface area contributed by atoms with E-state index in [4.69, 9.17) is 4.74 Å². The molecule has 134 valence electrons. The van der Waals surface area contributed by atoms with Crippen molar-refractivity contribution in [1.29, 1.82) is 0 Å². The number of carbonyl (C=O) groups is 1. The Hall–Kier alpha value is -2.54. The summed E-state index contributed by atoms with van der Waals surface area (Å²) < 4.78 is 29.8. The van der Waals surface area contributed by atoms with Gasteiger partial charge in [-0.2, -0.15) is 0 Å². The lowest BCUT2D eigenvalue weighted by Gasteiger charge is -2.16. The van der Waals surface area contributed by atoms with Gasteiger partial charge in [-0.05, 0) is 42.8 Å². The number of ether oxygens (including phenoxy) is 1. The zero-order valence-corrected chi connectivity index (χ0v) is 15.3.